The molecule has 1 aromatic carbocycles. The number of aryl methyl sites for hydroxylation is 1. The SMILES string of the molecule is COCC1OCN(c2ccc3nc(CCC#N)sc3c2)C1=O. The Balaban J connectivity index is 1.83. The molecule has 6 nitrogen and oxygen atoms in total. The molecule has 1 fully saturated rings. The van der Waals surface area contributed by atoms with Crippen molar-refractivity contribution in [1.82, 2.24) is 4.98 Å². The van der Waals surface area contributed by atoms with Gasteiger partial charge >= 0.3 is 0 Å². The first-order valence-corrected chi connectivity index (χ1v) is 7.73. The van der Waals surface area contributed by atoms with Gasteiger partial charge in [-0.05, 0) is 18.2 Å². The monoisotopic (exact) mass is 317 g/mol. The molecule has 2 heterocycles. The molecule has 1 aliphatic heterocycles. The van der Waals surface area contributed by atoms with Crippen LogP contribution in [0.25, 0.3) is 10.2 Å². The minimum absolute atomic E-state index is 0.0876. The highest BCUT2D eigenvalue weighted by Crippen LogP contribution is 2.29. The summed E-state index contributed by atoms with van der Waals surface area (Å²) in [5, 5.41) is 9.59. The van der Waals surface area contributed by atoms with E-state index in [-0.39, 0.29) is 19.2 Å². The zero-order chi connectivity index (χ0) is 15.5. The Labute approximate surface area is 131 Å². The molecule has 1 atom stereocenters. The van der Waals surface area contributed by atoms with Crippen LogP contribution in [-0.4, -0.2) is 37.4 Å². The Morgan fingerprint density at radius 3 is 3.23 bits per heavy atom. The van der Waals surface area contributed by atoms with Crippen molar-refractivity contribution in [1.29, 1.82) is 5.26 Å². The molecular formula is C15H15N3O3S. The maximum absolute atomic E-state index is 12.3. The molecule has 22 heavy (non-hydrogen) atoms. The van der Waals surface area contributed by atoms with Crippen molar-refractivity contribution < 1.29 is 14.3 Å². The minimum Gasteiger partial charge on any atom is -0.381 e. The van der Waals surface area contributed by atoms with E-state index in [4.69, 9.17) is 14.7 Å². The number of ether oxygens (including phenoxy) is 2. The van der Waals surface area contributed by atoms with Crippen molar-refractivity contribution in [3.8, 4) is 6.07 Å². The Morgan fingerprint density at radius 1 is 1.59 bits per heavy atom. The summed E-state index contributed by atoms with van der Waals surface area (Å²) in [5.74, 6) is -0.0876. The smallest absolute Gasteiger partial charge is 0.260 e. The van der Waals surface area contributed by atoms with Gasteiger partial charge in [0.1, 0.15) is 6.73 Å². The average Bonchev–Trinajstić information content (AvgIpc) is 3.09. The van der Waals surface area contributed by atoms with Gasteiger partial charge in [-0.25, -0.2) is 4.98 Å². The van der Waals surface area contributed by atoms with Crippen molar-refractivity contribution >= 4 is 33.1 Å². The lowest BCUT2D eigenvalue weighted by Gasteiger charge is -2.14. The third-order valence-electron chi connectivity index (χ3n) is 3.44. The van der Waals surface area contributed by atoms with Gasteiger partial charge in [0, 0.05) is 25.6 Å². The van der Waals surface area contributed by atoms with E-state index in [2.05, 4.69) is 11.1 Å². The normalized spacial score (nSPS) is 18.1. The topological polar surface area (TPSA) is 75.5 Å². The second-order valence-corrected chi connectivity index (χ2v) is 6.04. The van der Waals surface area contributed by atoms with E-state index in [0.29, 0.717) is 12.8 Å². The van der Waals surface area contributed by atoms with Gasteiger partial charge in [-0.2, -0.15) is 5.26 Å². The summed E-state index contributed by atoms with van der Waals surface area (Å²) in [6.07, 6.45) is 0.588. The number of rotatable bonds is 5. The number of carbonyl (C=O) groups excluding carboxylic acids is 1. The van der Waals surface area contributed by atoms with Crippen LogP contribution in [-0.2, 0) is 20.7 Å². The van der Waals surface area contributed by atoms with E-state index >= 15 is 0 Å². The lowest BCUT2D eigenvalue weighted by atomic mass is 10.2. The molecular weight excluding hydrogens is 302 g/mol. The van der Waals surface area contributed by atoms with Gasteiger partial charge in [0.2, 0.25) is 0 Å². The Bertz CT molecular complexity index is 737. The van der Waals surface area contributed by atoms with Gasteiger partial charge in [0.25, 0.3) is 5.91 Å². The van der Waals surface area contributed by atoms with Gasteiger partial charge in [0.05, 0.1) is 27.9 Å². The molecule has 7 heteroatoms. The fourth-order valence-corrected chi connectivity index (χ4v) is 3.34. The molecule has 1 amide bonds. The highest BCUT2D eigenvalue weighted by molar-refractivity contribution is 7.18. The number of amides is 1. The number of carbonyl (C=O) groups is 1. The second-order valence-electron chi connectivity index (χ2n) is 4.92. The predicted molar refractivity (Wildman–Crippen MR) is 82.7 cm³/mol. The summed E-state index contributed by atoms with van der Waals surface area (Å²) in [6.45, 7) is 0.495. The number of thiazole rings is 1. The quantitative estimate of drug-likeness (QED) is 0.844. The summed E-state index contributed by atoms with van der Waals surface area (Å²) in [4.78, 5) is 18.4. The average molecular weight is 317 g/mol. The van der Waals surface area contributed by atoms with Crippen LogP contribution < -0.4 is 4.90 Å². The van der Waals surface area contributed by atoms with Crippen molar-refractivity contribution in [2.45, 2.75) is 18.9 Å². The van der Waals surface area contributed by atoms with Crippen LogP contribution in [0.15, 0.2) is 18.2 Å². The third kappa shape index (κ3) is 2.81. The standard InChI is InChI=1S/C15H15N3O3S/c1-20-8-12-15(19)18(9-21-12)10-4-5-11-13(7-10)22-14(17-11)3-2-6-16/h4-5,7,12H,2-3,8-9H2,1H3. The lowest BCUT2D eigenvalue weighted by Crippen LogP contribution is -2.31. The van der Waals surface area contributed by atoms with Crippen LogP contribution in [0.5, 0.6) is 0 Å². The number of nitriles is 1. The number of anilines is 1. The van der Waals surface area contributed by atoms with Crippen molar-refractivity contribution in [2.24, 2.45) is 0 Å². The van der Waals surface area contributed by atoms with Crippen LogP contribution in [0.1, 0.15) is 11.4 Å². The van der Waals surface area contributed by atoms with Gasteiger partial charge in [0.15, 0.2) is 6.10 Å². The van der Waals surface area contributed by atoms with E-state index in [1.165, 1.54) is 0 Å². The number of nitrogens with zero attached hydrogens (tertiary/aromatic N) is 3. The number of methoxy groups -OCH3 is 1. The van der Waals surface area contributed by atoms with Crippen LogP contribution in [0, 0.1) is 11.3 Å². The van der Waals surface area contributed by atoms with Gasteiger partial charge in [-0.15, -0.1) is 11.3 Å². The van der Waals surface area contributed by atoms with Gasteiger partial charge in [-0.3, -0.25) is 9.69 Å². The van der Waals surface area contributed by atoms with E-state index in [0.717, 1.165) is 20.9 Å². The maximum atomic E-state index is 12.3. The third-order valence-corrected chi connectivity index (χ3v) is 4.52. The maximum Gasteiger partial charge on any atom is 0.260 e. The number of aromatic nitrogens is 1. The van der Waals surface area contributed by atoms with Gasteiger partial charge < -0.3 is 9.47 Å². The molecule has 0 saturated carbocycles. The molecule has 1 aliphatic rings. The number of benzene rings is 1. The van der Waals surface area contributed by atoms with E-state index in [1.54, 1.807) is 23.3 Å². The first kappa shape index (κ1) is 14.9. The van der Waals surface area contributed by atoms with Crippen LogP contribution in [0.2, 0.25) is 0 Å². The summed E-state index contributed by atoms with van der Waals surface area (Å²) in [5.41, 5.74) is 1.69. The summed E-state index contributed by atoms with van der Waals surface area (Å²) in [6, 6.07) is 7.83. The van der Waals surface area contributed by atoms with Crippen molar-refractivity contribution in [3.63, 3.8) is 0 Å². The van der Waals surface area contributed by atoms with Crippen molar-refractivity contribution in [2.75, 3.05) is 25.3 Å². The fraction of sp³-hybridized carbons (Fsp3) is 0.400. The van der Waals surface area contributed by atoms with Crippen LogP contribution in [0.3, 0.4) is 0 Å². The molecule has 0 radical (unpaired) electrons. The van der Waals surface area contributed by atoms with E-state index in [9.17, 15) is 4.79 Å². The molecule has 1 saturated heterocycles. The highest BCUT2D eigenvalue weighted by Gasteiger charge is 2.33. The summed E-state index contributed by atoms with van der Waals surface area (Å²) >= 11 is 1.56. The van der Waals surface area contributed by atoms with Crippen LogP contribution in [0.4, 0.5) is 5.69 Å². The van der Waals surface area contributed by atoms with E-state index < -0.39 is 6.10 Å². The van der Waals surface area contributed by atoms with Crippen LogP contribution >= 0.6 is 11.3 Å². The second kappa shape index (κ2) is 6.40. The lowest BCUT2D eigenvalue weighted by molar-refractivity contribution is -0.124. The first-order chi connectivity index (χ1) is 10.7. The zero-order valence-corrected chi connectivity index (χ0v) is 12.9. The van der Waals surface area contributed by atoms with E-state index in [1.807, 2.05) is 18.2 Å². The summed E-state index contributed by atoms with van der Waals surface area (Å²) < 4.78 is 11.4. The summed E-state index contributed by atoms with van der Waals surface area (Å²) in [7, 11) is 1.55. The molecule has 1 aromatic heterocycles. The molecule has 2 aromatic rings. The molecule has 0 spiro atoms. The Hall–Kier alpha value is -2.01. The Morgan fingerprint density at radius 2 is 2.45 bits per heavy atom. The number of hydrogen-bond donors (Lipinski definition) is 0. The molecule has 0 bridgehead atoms. The van der Waals surface area contributed by atoms with Gasteiger partial charge in [-0.1, -0.05) is 0 Å². The molecule has 1 unspecified atom stereocenters. The number of fused-ring (bicyclic) bond motifs is 1. The molecule has 114 valence electrons. The fourth-order valence-electron chi connectivity index (χ4n) is 2.34. The number of hydrogen-bond acceptors (Lipinski definition) is 6. The molecule has 0 aliphatic carbocycles. The highest BCUT2D eigenvalue weighted by atomic mass is 32.1. The molecule has 0 N–H and O–H groups in total. The largest absolute Gasteiger partial charge is 0.381 e. The van der Waals surface area contributed by atoms with Crippen molar-refractivity contribution in [3.05, 3.63) is 23.2 Å². The first-order valence-electron chi connectivity index (χ1n) is 6.91. The molecule has 3 rings (SSSR count). The predicted octanol–water partition coefficient (Wildman–Crippen LogP) is 2.09. The Kier molecular flexibility index (Phi) is 4.34. The zero-order valence-electron chi connectivity index (χ0n) is 12.1. The minimum atomic E-state index is -0.534.